The molecule has 6 rings (SSSR count). The average molecular weight is 565 g/mol. The van der Waals surface area contributed by atoms with E-state index in [0.717, 1.165) is 71.4 Å². The van der Waals surface area contributed by atoms with Crippen LogP contribution >= 0.6 is 0 Å². The number of hydrogen-bond acceptors (Lipinski definition) is 4. The quantitative estimate of drug-likeness (QED) is 0.276. The number of hydrogen-bond donors (Lipinski definition) is 0. The van der Waals surface area contributed by atoms with Crippen LogP contribution in [-0.2, 0) is 20.9 Å². The Bertz CT molecular complexity index is 1560. The van der Waals surface area contributed by atoms with Crippen molar-refractivity contribution < 1.29 is 14.3 Å². The van der Waals surface area contributed by atoms with E-state index in [2.05, 4.69) is 98.8 Å². The first-order valence-electron chi connectivity index (χ1n) is 15.4. The Morgan fingerprint density at radius 3 is 2.02 bits per heavy atom. The van der Waals surface area contributed by atoms with Gasteiger partial charge in [-0.15, -0.1) is 0 Å². The third kappa shape index (κ3) is 5.17. The van der Waals surface area contributed by atoms with E-state index in [1.807, 2.05) is 0 Å². The molecular formula is C37H44N2O3. The Balaban J connectivity index is 1.58. The van der Waals surface area contributed by atoms with Gasteiger partial charge in [0.2, 0.25) is 0 Å². The molecule has 2 aliphatic carbocycles. The summed E-state index contributed by atoms with van der Waals surface area (Å²) in [7, 11) is 1.73. The summed E-state index contributed by atoms with van der Waals surface area (Å²) >= 11 is 0. The number of methoxy groups -OCH3 is 1. The van der Waals surface area contributed by atoms with Crippen LogP contribution in [0.5, 0.6) is 0 Å². The second-order valence-electron chi connectivity index (χ2n) is 14.2. The van der Waals surface area contributed by atoms with Gasteiger partial charge >= 0.3 is 0 Å². The van der Waals surface area contributed by atoms with Crippen molar-refractivity contribution in [3.05, 3.63) is 94.0 Å². The first-order valence-corrected chi connectivity index (χ1v) is 15.4. The van der Waals surface area contributed by atoms with Crippen LogP contribution in [0.1, 0.15) is 82.4 Å². The number of para-hydroxylation sites is 1. The van der Waals surface area contributed by atoms with Crippen molar-refractivity contribution in [3.63, 3.8) is 0 Å². The van der Waals surface area contributed by atoms with Crippen LogP contribution in [0, 0.1) is 17.8 Å². The van der Waals surface area contributed by atoms with Gasteiger partial charge in [0.25, 0.3) is 0 Å². The molecule has 1 aliphatic heterocycles. The molecule has 220 valence electrons. The fraction of sp³-hybridized carbons (Fsp3) is 0.459. The Kier molecular flexibility index (Phi) is 7.29. The number of nitrogens with zero attached hydrogens (tertiary/aromatic N) is 2. The number of fused-ring (bicyclic) bond motifs is 1. The summed E-state index contributed by atoms with van der Waals surface area (Å²) in [6, 6.07) is 17.1. The van der Waals surface area contributed by atoms with E-state index in [9.17, 15) is 9.59 Å². The van der Waals surface area contributed by atoms with Crippen molar-refractivity contribution in [2.45, 2.75) is 79.2 Å². The number of carbonyl (C=O) groups excluding carboxylic acids is 2. The highest BCUT2D eigenvalue weighted by atomic mass is 16.5. The number of ketones is 2. The van der Waals surface area contributed by atoms with Crippen LogP contribution in [0.25, 0.3) is 10.9 Å². The fourth-order valence-corrected chi connectivity index (χ4v) is 7.52. The minimum absolute atomic E-state index is 0.133. The predicted octanol–water partition coefficient (Wildman–Crippen LogP) is 7.72. The zero-order valence-electron chi connectivity index (χ0n) is 26.0. The molecule has 0 saturated heterocycles. The fourth-order valence-electron chi connectivity index (χ4n) is 7.52. The molecule has 0 atom stereocenters. The topological polar surface area (TPSA) is 51.5 Å². The van der Waals surface area contributed by atoms with Gasteiger partial charge in [0.1, 0.15) is 0 Å². The lowest BCUT2D eigenvalue weighted by Gasteiger charge is -2.49. The van der Waals surface area contributed by atoms with Crippen molar-refractivity contribution in [2.24, 2.45) is 10.8 Å². The second kappa shape index (κ2) is 10.7. The number of ether oxygens (including phenoxy) is 1. The van der Waals surface area contributed by atoms with Crippen LogP contribution < -0.4 is 0 Å². The van der Waals surface area contributed by atoms with Crippen LogP contribution in [0.2, 0.25) is 0 Å². The average Bonchev–Trinajstić information content (AvgIpc) is 3.27. The van der Waals surface area contributed by atoms with Gasteiger partial charge in [0, 0.05) is 85.2 Å². The molecule has 2 heterocycles. The summed E-state index contributed by atoms with van der Waals surface area (Å²) in [4.78, 5) is 30.8. The molecule has 5 nitrogen and oxygen atoms in total. The van der Waals surface area contributed by atoms with Gasteiger partial charge in [-0.05, 0) is 54.2 Å². The molecule has 0 amide bonds. The maximum Gasteiger partial charge on any atom is 0.162 e. The summed E-state index contributed by atoms with van der Waals surface area (Å²) in [6.07, 6.45) is 5.71. The Hall–Kier alpha value is -3.44. The van der Waals surface area contributed by atoms with Gasteiger partial charge in [-0.3, -0.25) is 9.59 Å². The predicted molar refractivity (Wildman–Crippen MR) is 168 cm³/mol. The summed E-state index contributed by atoms with van der Waals surface area (Å²) in [5, 5.41) is 1.12. The summed E-state index contributed by atoms with van der Waals surface area (Å²) in [6.45, 7) is 13.0. The zero-order chi connectivity index (χ0) is 29.8. The molecule has 0 radical (unpaired) electrons. The molecule has 0 saturated carbocycles. The third-order valence-electron chi connectivity index (χ3n) is 9.36. The van der Waals surface area contributed by atoms with Crippen LogP contribution in [0.15, 0.2) is 77.3 Å². The molecule has 0 bridgehead atoms. The van der Waals surface area contributed by atoms with Crippen molar-refractivity contribution in [2.75, 3.05) is 20.3 Å². The monoisotopic (exact) mass is 564 g/mol. The Morgan fingerprint density at radius 1 is 0.833 bits per heavy atom. The van der Waals surface area contributed by atoms with E-state index in [-0.39, 0.29) is 28.3 Å². The Labute approximate surface area is 250 Å². The molecule has 1 aromatic heterocycles. The van der Waals surface area contributed by atoms with E-state index in [4.69, 9.17) is 4.74 Å². The highest BCUT2D eigenvalue weighted by Gasteiger charge is 2.49. The van der Waals surface area contributed by atoms with Gasteiger partial charge in [0.15, 0.2) is 11.6 Å². The highest BCUT2D eigenvalue weighted by molar-refractivity contribution is 6.08. The lowest BCUT2D eigenvalue weighted by molar-refractivity contribution is -0.119. The SMILES string of the molecule is COCCCN1C2=C(C(=O)CC(C)(C)C2)C(c2cn(Cc3ccc(C)cc3)c3ccccc23)C2=C1CC(C)(C)CC2=O. The normalized spacial score (nSPS) is 20.4. The number of Topliss-reactive ketones (excluding diaryl/α,β-unsaturated/α-hetero) is 2. The van der Waals surface area contributed by atoms with Gasteiger partial charge < -0.3 is 14.2 Å². The molecule has 0 unspecified atom stereocenters. The zero-order valence-corrected chi connectivity index (χ0v) is 26.0. The van der Waals surface area contributed by atoms with Crippen LogP contribution in [0.3, 0.4) is 0 Å². The summed E-state index contributed by atoms with van der Waals surface area (Å²) in [5.41, 5.74) is 8.35. The summed E-state index contributed by atoms with van der Waals surface area (Å²) in [5.74, 6) is 0.0233. The van der Waals surface area contributed by atoms with Crippen LogP contribution in [0.4, 0.5) is 0 Å². The molecule has 0 fully saturated rings. The minimum Gasteiger partial charge on any atom is -0.385 e. The maximum absolute atomic E-state index is 14.2. The Morgan fingerprint density at radius 2 is 1.43 bits per heavy atom. The number of carbonyl (C=O) groups is 2. The van der Waals surface area contributed by atoms with Crippen LogP contribution in [-0.4, -0.2) is 41.3 Å². The number of aromatic nitrogens is 1. The number of rotatable bonds is 7. The maximum atomic E-state index is 14.2. The highest BCUT2D eigenvalue weighted by Crippen LogP contribution is 2.55. The third-order valence-corrected chi connectivity index (χ3v) is 9.36. The molecule has 0 spiro atoms. The largest absolute Gasteiger partial charge is 0.385 e. The molecule has 42 heavy (non-hydrogen) atoms. The van der Waals surface area contributed by atoms with Crippen molar-refractivity contribution in [3.8, 4) is 0 Å². The van der Waals surface area contributed by atoms with E-state index in [1.54, 1.807) is 7.11 Å². The lowest BCUT2D eigenvalue weighted by atomic mass is 9.63. The van der Waals surface area contributed by atoms with Gasteiger partial charge in [-0.2, -0.15) is 0 Å². The standard InChI is InChI=1S/C37H44N2O3/c1-24-12-14-25(15-13-24)22-38-23-27(26-10-7-8-11-28(26)38)33-34-29(18-36(2,3)20-31(34)40)39(16-9-17-42-6)30-19-37(4,5)21-32(41)35(30)33/h7-8,10-15,23,33H,9,16-22H2,1-6H3. The van der Waals surface area contributed by atoms with E-state index in [1.165, 1.54) is 11.1 Å². The summed E-state index contributed by atoms with van der Waals surface area (Å²) < 4.78 is 7.73. The van der Waals surface area contributed by atoms with Crippen molar-refractivity contribution >= 4 is 22.5 Å². The number of benzene rings is 2. The van der Waals surface area contributed by atoms with Gasteiger partial charge in [-0.1, -0.05) is 75.7 Å². The number of allylic oxidation sites excluding steroid dienone is 4. The molecule has 2 aromatic carbocycles. The van der Waals surface area contributed by atoms with Gasteiger partial charge in [0.05, 0.1) is 0 Å². The van der Waals surface area contributed by atoms with Crippen molar-refractivity contribution in [1.82, 2.24) is 9.47 Å². The lowest BCUT2D eigenvalue weighted by Crippen LogP contribution is -2.44. The van der Waals surface area contributed by atoms with E-state index in [0.29, 0.717) is 19.4 Å². The van der Waals surface area contributed by atoms with E-state index >= 15 is 0 Å². The van der Waals surface area contributed by atoms with Gasteiger partial charge in [-0.25, -0.2) is 0 Å². The molecule has 3 aliphatic rings. The molecule has 5 heteroatoms. The first-order chi connectivity index (χ1) is 20.0. The second-order valence-corrected chi connectivity index (χ2v) is 14.2. The smallest absolute Gasteiger partial charge is 0.162 e. The van der Waals surface area contributed by atoms with Crippen molar-refractivity contribution in [1.29, 1.82) is 0 Å². The van der Waals surface area contributed by atoms with E-state index < -0.39 is 0 Å². The minimum atomic E-state index is -0.343. The molecule has 0 N–H and O–H groups in total. The first kappa shape index (κ1) is 28.7. The molecule has 3 aromatic rings. The number of aryl methyl sites for hydroxylation is 1. The molecular weight excluding hydrogens is 520 g/mol.